The van der Waals surface area contributed by atoms with Crippen molar-refractivity contribution >= 4 is 28.8 Å². The Labute approximate surface area is 207 Å². The molecule has 2 aromatic heterocycles. The molecule has 0 spiro atoms. The van der Waals surface area contributed by atoms with Crippen LogP contribution in [0.4, 0.5) is 5.69 Å². The van der Waals surface area contributed by atoms with Crippen LogP contribution in [0.25, 0.3) is 10.7 Å². The molecule has 0 radical (unpaired) electrons. The van der Waals surface area contributed by atoms with E-state index in [1.807, 2.05) is 60.8 Å². The minimum atomic E-state index is -0.761. The summed E-state index contributed by atoms with van der Waals surface area (Å²) in [6, 6.07) is 19.8. The van der Waals surface area contributed by atoms with Gasteiger partial charge in [0.05, 0.1) is 17.7 Å². The highest BCUT2D eigenvalue weighted by atomic mass is 32.1. The third-order valence-electron chi connectivity index (χ3n) is 5.40. The Hall–Kier alpha value is -4.05. The van der Waals surface area contributed by atoms with E-state index in [9.17, 15) is 9.59 Å². The van der Waals surface area contributed by atoms with Crippen LogP contribution in [-0.4, -0.2) is 45.2 Å². The molecule has 4 aromatic rings. The maximum absolute atomic E-state index is 13.6. The summed E-state index contributed by atoms with van der Waals surface area (Å²) < 4.78 is 5.51. The van der Waals surface area contributed by atoms with Crippen molar-refractivity contribution in [3.63, 3.8) is 0 Å². The first-order valence-corrected chi connectivity index (χ1v) is 12.1. The zero-order valence-electron chi connectivity index (χ0n) is 19.5. The number of hydrogen-bond donors (Lipinski definition) is 1. The summed E-state index contributed by atoms with van der Waals surface area (Å²) in [6.45, 7) is 2.04. The van der Waals surface area contributed by atoms with Gasteiger partial charge in [-0.15, -0.1) is 21.5 Å². The Morgan fingerprint density at radius 3 is 2.57 bits per heavy atom. The van der Waals surface area contributed by atoms with Crippen LogP contribution >= 0.6 is 11.3 Å². The topological polar surface area (TPSA) is 102 Å². The average molecular weight is 491 g/mol. The molecule has 2 heterocycles. The lowest BCUT2D eigenvalue weighted by molar-refractivity contribution is -0.127. The molecule has 0 fully saturated rings. The zero-order chi connectivity index (χ0) is 24.6. The van der Waals surface area contributed by atoms with Crippen molar-refractivity contribution in [2.45, 2.75) is 32.5 Å². The highest BCUT2D eigenvalue weighted by Gasteiger charge is 2.32. The number of tetrazole rings is 1. The molecule has 1 atom stereocenters. The second-order valence-corrected chi connectivity index (χ2v) is 8.63. The zero-order valence-corrected chi connectivity index (χ0v) is 20.3. The van der Waals surface area contributed by atoms with Crippen molar-refractivity contribution < 1.29 is 14.3 Å². The molecule has 0 bridgehead atoms. The Kier molecular flexibility index (Phi) is 7.84. The van der Waals surface area contributed by atoms with Crippen LogP contribution in [0.15, 0.2) is 72.1 Å². The fraction of sp³-hybridized carbons (Fsp3) is 0.240. The molecule has 9 nitrogen and oxygen atoms in total. The first kappa shape index (κ1) is 24.1. The van der Waals surface area contributed by atoms with Gasteiger partial charge in [-0.2, -0.15) is 4.80 Å². The lowest BCUT2D eigenvalue weighted by Gasteiger charge is -2.31. The highest BCUT2D eigenvalue weighted by Crippen LogP contribution is 2.30. The van der Waals surface area contributed by atoms with Crippen LogP contribution in [0, 0.1) is 0 Å². The Morgan fingerprint density at radius 2 is 1.86 bits per heavy atom. The summed E-state index contributed by atoms with van der Waals surface area (Å²) in [5.41, 5.74) is 1.47. The van der Waals surface area contributed by atoms with E-state index in [1.54, 1.807) is 18.2 Å². The maximum Gasteiger partial charge on any atom is 0.251 e. The highest BCUT2D eigenvalue weighted by molar-refractivity contribution is 7.13. The van der Waals surface area contributed by atoms with Gasteiger partial charge in [-0.25, -0.2) is 0 Å². The Bertz CT molecular complexity index is 1260. The predicted molar refractivity (Wildman–Crippen MR) is 134 cm³/mol. The smallest absolute Gasteiger partial charge is 0.251 e. The number of methoxy groups -OCH3 is 1. The molecule has 0 unspecified atom stereocenters. The van der Waals surface area contributed by atoms with Gasteiger partial charge >= 0.3 is 0 Å². The fourth-order valence-electron chi connectivity index (χ4n) is 3.70. The van der Waals surface area contributed by atoms with E-state index in [1.165, 1.54) is 28.1 Å². The number of carbonyl (C=O) groups is 2. The summed E-state index contributed by atoms with van der Waals surface area (Å²) in [4.78, 5) is 30.5. The SMILES string of the molecule is CC[C@@H](C(=O)NCc1ccccc1)N(C(=O)Cn1nnc(-c2cccs2)n1)c1ccccc1OC. The van der Waals surface area contributed by atoms with Crippen LogP contribution in [0.1, 0.15) is 18.9 Å². The van der Waals surface area contributed by atoms with Crippen molar-refractivity contribution in [1.29, 1.82) is 0 Å². The molecule has 0 saturated heterocycles. The van der Waals surface area contributed by atoms with Crippen LogP contribution < -0.4 is 15.0 Å². The Morgan fingerprint density at radius 1 is 1.09 bits per heavy atom. The summed E-state index contributed by atoms with van der Waals surface area (Å²) >= 11 is 1.49. The van der Waals surface area contributed by atoms with Crippen LogP contribution in [-0.2, 0) is 22.7 Å². The van der Waals surface area contributed by atoms with Crippen LogP contribution in [0.3, 0.4) is 0 Å². The first-order chi connectivity index (χ1) is 17.1. The molecule has 10 heteroatoms. The van der Waals surface area contributed by atoms with Crippen molar-refractivity contribution in [3.8, 4) is 16.5 Å². The third-order valence-corrected chi connectivity index (χ3v) is 6.26. The second-order valence-electron chi connectivity index (χ2n) is 7.68. The van der Waals surface area contributed by atoms with Gasteiger partial charge in [0, 0.05) is 6.54 Å². The maximum atomic E-state index is 13.6. The number of hydrogen-bond acceptors (Lipinski definition) is 7. The van der Waals surface area contributed by atoms with Gasteiger partial charge in [0.25, 0.3) is 5.91 Å². The number of rotatable bonds is 10. The normalized spacial score (nSPS) is 11.6. The summed E-state index contributed by atoms with van der Waals surface area (Å²) in [5.74, 6) is 0.318. The molecule has 0 aliphatic heterocycles. The van der Waals surface area contributed by atoms with E-state index in [0.29, 0.717) is 30.2 Å². The van der Waals surface area contributed by atoms with Gasteiger partial charge in [0.2, 0.25) is 11.7 Å². The standard InChI is InChI=1S/C25H26N6O3S/c1-3-19(25(33)26-16-18-10-5-4-6-11-18)31(20-12-7-8-13-21(20)34-2)23(32)17-30-28-24(27-29-30)22-14-9-15-35-22/h4-15,19H,3,16-17H2,1-2H3,(H,26,33)/t19-/m0/s1. The number of nitrogens with zero attached hydrogens (tertiary/aromatic N) is 5. The molecule has 0 aliphatic carbocycles. The van der Waals surface area contributed by atoms with Gasteiger partial charge in [-0.3, -0.25) is 14.5 Å². The number of carbonyl (C=O) groups excluding carboxylic acids is 2. The molecule has 180 valence electrons. The van der Waals surface area contributed by atoms with Gasteiger partial charge in [-0.1, -0.05) is 55.5 Å². The van der Waals surface area contributed by atoms with E-state index in [4.69, 9.17) is 4.74 Å². The van der Waals surface area contributed by atoms with E-state index in [-0.39, 0.29) is 18.4 Å². The lowest BCUT2D eigenvalue weighted by Crippen LogP contribution is -2.50. The minimum Gasteiger partial charge on any atom is -0.495 e. The minimum absolute atomic E-state index is 0.182. The van der Waals surface area contributed by atoms with Crippen LogP contribution in [0.2, 0.25) is 0 Å². The monoisotopic (exact) mass is 490 g/mol. The van der Waals surface area contributed by atoms with Crippen molar-refractivity contribution in [1.82, 2.24) is 25.5 Å². The van der Waals surface area contributed by atoms with Crippen LogP contribution in [0.5, 0.6) is 5.75 Å². The molecule has 35 heavy (non-hydrogen) atoms. The summed E-state index contributed by atoms with van der Waals surface area (Å²) in [7, 11) is 1.53. The van der Waals surface area contributed by atoms with Crippen molar-refractivity contribution in [2.75, 3.05) is 12.0 Å². The molecule has 1 N–H and O–H groups in total. The van der Waals surface area contributed by atoms with E-state index in [0.717, 1.165) is 10.4 Å². The molecule has 0 saturated carbocycles. The largest absolute Gasteiger partial charge is 0.495 e. The van der Waals surface area contributed by atoms with E-state index >= 15 is 0 Å². The number of benzene rings is 2. The number of thiophene rings is 1. The average Bonchev–Trinajstić information content (AvgIpc) is 3.59. The lowest BCUT2D eigenvalue weighted by atomic mass is 10.1. The van der Waals surface area contributed by atoms with Gasteiger partial charge in [0.15, 0.2) is 0 Å². The van der Waals surface area contributed by atoms with Crippen molar-refractivity contribution in [2.24, 2.45) is 0 Å². The number of ether oxygens (including phenoxy) is 1. The van der Waals surface area contributed by atoms with E-state index in [2.05, 4.69) is 20.7 Å². The number of aromatic nitrogens is 4. The summed E-state index contributed by atoms with van der Waals surface area (Å²) in [5, 5.41) is 17.3. The molecule has 4 rings (SSSR count). The first-order valence-electron chi connectivity index (χ1n) is 11.2. The molecule has 2 aromatic carbocycles. The van der Waals surface area contributed by atoms with E-state index < -0.39 is 6.04 Å². The third kappa shape index (κ3) is 5.72. The Balaban J connectivity index is 1.59. The number of nitrogens with one attached hydrogen (secondary N) is 1. The fourth-order valence-corrected chi connectivity index (χ4v) is 4.35. The second kappa shape index (κ2) is 11.4. The van der Waals surface area contributed by atoms with Gasteiger partial charge in [-0.05, 0) is 40.8 Å². The molecular formula is C25H26N6O3S. The van der Waals surface area contributed by atoms with Gasteiger partial charge < -0.3 is 10.1 Å². The van der Waals surface area contributed by atoms with Crippen molar-refractivity contribution in [3.05, 3.63) is 77.7 Å². The number of para-hydroxylation sites is 2. The number of amides is 2. The van der Waals surface area contributed by atoms with Gasteiger partial charge in [0.1, 0.15) is 18.3 Å². The molecule has 0 aliphatic rings. The predicted octanol–water partition coefficient (Wildman–Crippen LogP) is 3.54. The number of anilines is 1. The molecular weight excluding hydrogens is 464 g/mol. The summed E-state index contributed by atoms with van der Waals surface area (Å²) in [6.07, 6.45) is 0.398. The molecule has 2 amide bonds. The quantitative estimate of drug-likeness (QED) is 0.365.